The number of hydrazine groups is 2. The molecule has 10 atom stereocenters. The Hall–Kier alpha value is -4.08. The Bertz CT molecular complexity index is 2250. The van der Waals surface area contributed by atoms with Gasteiger partial charge in [-0.15, -0.1) is 6.58 Å². The zero-order valence-electron chi connectivity index (χ0n) is 55.1. The van der Waals surface area contributed by atoms with Crippen molar-refractivity contribution in [3.8, 4) is 6.07 Å². The summed E-state index contributed by atoms with van der Waals surface area (Å²) in [6, 6.07) is 1.79. The van der Waals surface area contributed by atoms with Crippen molar-refractivity contribution in [3.05, 3.63) is 98.2 Å². The molecule has 81 heavy (non-hydrogen) atoms. The van der Waals surface area contributed by atoms with Crippen molar-refractivity contribution in [2.45, 2.75) is 224 Å². The Morgan fingerprint density at radius 1 is 0.815 bits per heavy atom. The van der Waals surface area contributed by atoms with Gasteiger partial charge in [0.1, 0.15) is 6.04 Å². The van der Waals surface area contributed by atoms with Crippen molar-refractivity contribution in [2.75, 3.05) is 46.3 Å². The number of hydrogen-bond donors (Lipinski definition) is 3. The number of allylic oxidation sites excluding steroid dienone is 1. The smallest absolute Gasteiger partial charge is 0.270 e. The van der Waals surface area contributed by atoms with Crippen LogP contribution in [-0.4, -0.2) is 118 Å². The van der Waals surface area contributed by atoms with E-state index in [2.05, 4.69) is 179 Å². The van der Waals surface area contributed by atoms with Gasteiger partial charge in [0.15, 0.2) is 0 Å². The Balaban J connectivity index is 0.000000626. The number of carbonyl (C=O) groups excluding carboxylic acids is 1. The minimum Gasteiger partial charge on any atom is -0.380 e. The van der Waals surface area contributed by atoms with Crippen molar-refractivity contribution in [1.82, 2.24) is 40.6 Å². The quantitative estimate of drug-likeness (QED) is 0.115. The first kappa shape index (κ1) is 69.4. The predicted octanol–water partition coefficient (Wildman–Crippen LogP) is 15.3. The number of likely N-dealkylation sites (N-methyl/N-ethyl adjacent to an activating group) is 1. The van der Waals surface area contributed by atoms with Crippen LogP contribution in [-0.2, 0) is 4.79 Å². The SMILES string of the molecule is C=C1CC(C(C)C)C(NC)C(=C)N2C(CCCN2CCC(=C)C(C)(C)C)C(=O)N(O)CC(=C)N2C(CCCN2CCC(=C)C(C)(C)C)C(=C)N2CCC(C)C2C(=C)NC1C(C)C.C=CC(C)(C)C1(C#N)CCC(CC(C)C)C(CC)C1. The summed E-state index contributed by atoms with van der Waals surface area (Å²) in [4.78, 5) is 17.4. The summed E-state index contributed by atoms with van der Waals surface area (Å²) >= 11 is 0. The maximum Gasteiger partial charge on any atom is 0.270 e. The van der Waals surface area contributed by atoms with Crippen molar-refractivity contribution in [3.63, 3.8) is 0 Å². The molecule has 1 aliphatic carbocycles. The summed E-state index contributed by atoms with van der Waals surface area (Å²) in [5.41, 5.74) is 6.64. The average molecular weight is 1120 g/mol. The number of hydroxylamine groups is 2. The molecule has 10 unspecified atom stereocenters. The van der Waals surface area contributed by atoms with Crippen molar-refractivity contribution in [1.29, 1.82) is 5.26 Å². The van der Waals surface area contributed by atoms with E-state index in [1.165, 1.54) is 24.8 Å². The maximum absolute atomic E-state index is 15.0. The molecule has 4 heterocycles. The highest BCUT2D eigenvalue weighted by Crippen LogP contribution is 2.55. The van der Waals surface area contributed by atoms with Gasteiger partial charge in [-0.05, 0) is 136 Å². The molecule has 5 fully saturated rings. The molecule has 5 rings (SSSR count). The molecule has 4 saturated heterocycles. The van der Waals surface area contributed by atoms with Crippen LogP contribution in [0.2, 0.25) is 0 Å². The van der Waals surface area contributed by atoms with Crippen LogP contribution in [0.15, 0.2) is 98.2 Å². The highest BCUT2D eigenvalue weighted by molar-refractivity contribution is 5.81. The molecule has 11 heteroatoms. The molecular formula is C70H121N9O2. The van der Waals surface area contributed by atoms with E-state index in [4.69, 9.17) is 26.3 Å². The summed E-state index contributed by atoms with van der Waals surface area (Å²) in [7, 11) is 2.00. The Kier molecular flexibility index (Phi) is 25.0. The fraction of sp³-hybridized carbons (Fsp3) is 0.743. The molecule has 0 aromatic rings. The normalized spacial score (nSPS) is 29.5. The van der Waals surface area contributed by atoms with E-state index in [-0.39, 0.29) is 76.0 Å². The second-order valence-corrected chi connectivity index (χ2v) is 29.3. The van der Waals surface area contributed by atoms with Gasteiger partial charge in [0.2, 0.25) is 0 Å². The zero-order valence-corrected chi connectivity index (χ0v) is 55.1. The molecule has 1 amide bonds. The lowest BCUT2D eigenvalue weighted by molar-refractivity contribution is -0.182. The zero-order chi connectivity index (χ0) is 61.3. The number of carbonyl (C=O) groups is 1. The number of nitrogens with one attached hydrogen (secondary N) is 2. The van der Waals surface area contributed by atoms with E-state index in [0.29, 0.717) is 30.5 Å². The number of rotatable bonds is 14. The van der Waals surface area contributed by atoms with Crippen LogP contribution >= 0.6 is 0 Å². The van der Waals surface area contributed by atoms with E-state index in [9.17, 15) is 15.3 Å². The summed E-state index contributed by atoms with van der Waals surface area (Å²) in [5.74, 6) is 2.95. The monoisotopic (exact) mass is 1120 g/mol. The standard InChI is InChI=1S/C52H90N8O2.C18H31N/c1-34(2)44-32-37(6)47(35(3)4)54-41(10)49-36(5)24-31-57(49)42(11)45-22-20-27-55(29-25-38(7)51(13,14)15)59(45)40(9)33-58(62)50(61)46-23-21-28-56(30-26-39(8)52(16,17)18)60(46)43(12)48(44)53-19;1-7-15-12-18(13-19,17(5,6)8-2)10-9-16(15)11-14(3)4/h34-36,44-49,53-54,62H,6-12,20-33H2,1-5,13-19H3;8,14-16H,2,7,9-12H2,1,3-6H3. The second kappa shape index (κ2) is 29.1. The minimum atomic E-state index is -0.649. The van der Waals surface area contributed by atoms with Gasteiger partial charge < -0.3 is 15.5 Å². The van der Waals surface area contributed by atoms with Crippen LogP contribution in [0.4, 0.5) is 0 Å². The van der Waals surface area contributed by atoms with Gasteiger partial charge >= 0.3 is 0 Å². The van der Waals surface area contributed by atoms with Crippen LogP contribution in [0.5, 0.6) is 0 Å². The number of nitriles is 1. The summed E-state index contributed by atoms with van der Waals surface area (Å²) < 4.78 is 0. The molecule has 11 nitrogen and oxygen atoms in total. The van der Waals surface area contributed by atoms with Crippen LogP contribution in [0.1, 0.15) is 194 Å². The lowest BCUT2D eigenvalue weighted by atomic mass is 9.54. The molecule has 0 bridgehead atoms. The molecule has 458 valence electrons. The van der Waals surface area contributed by atoms with Gasteiger partial charge in [-0.25, -0.2) is 15.1 Å². The molecule has 0 aromatic carbocycles. The number of fused-ring (bicyclic) bond motifs is 3. The van der Waals surface area contributed by atoms with E-state index in [0.717, 1.165) is 129 Å². The lowest BCUT2D eigenvalue weighted by Gasteiger charge is -2.51. The van der Waals surface area contributed by atoms with E-state index in [1.54, 1.807) is 0 Å². The van der Waals surface area contributed by atoms with Crippen molar-refractivity contribution >= 4 is 5.91 Å². The van der Waals surface area contributed by atoms with Crippen LogP contribution in [0, 0.1) is 74.4 Å². The molecular weight excluding hydrogens is 999 g/mol. The molecule has 0 aromatic heterocycles. The summed E-state index contributed by atoms with van der Waals surface area (Å²) in [5, 5.41) is 39.5. The van der Waals surface area contributed by atoms with Crippen LogP contribution in [0.3, 0.4) is 0 Å². The van der Waals surface area contributed by atoms with E-state index in [1.807, 2.05) is 13.1 Å². The number of amides is 1. The molecule has 4 aliphatic heterocycles. The molecule has 5 aliphatic rings. The highest BCUT2D eigenvalue weighted by atomic mass is 16.5. The van der Waals surface area contributed by atoms with E-state index < -0.39 is 6.04 Å². The van der Waals surface area contributed by atoms with Crippen molar-refractivity contribution in [2.24, 2.45) is 63.1 Å². The summed E-state index contributed by atoms with van der Waals surface area (Å²) in [6.45, 7) is 76.6. The lowest BCUT2D eigenvalue weighted by Crippen LogP contribution is -2.61. The maximum atomic E-state index is 15.0. The Labute approximate surface area is 497 Å². The third-order valence-electron chi connectivity index (χ3n) is 20.1. The number of nitrogens with zero attached hydrogens (tertiary/aromatic N) is 7. The Morgan fingerprint density at radius 2 is 1.37 bits per heavy atom. The first-order valence-corrected chi connectivity index (χ1v) is 31.7. The van der Waals surface area contributed by atoms with Crippen LogP contribution < -0.4 is 10.6 Å². The average Bonchev–Trinajstić information content (AvgIpc) is 4.00. The van der Waals surface area contributed by atoms with Gasteiger partial charge in [-0.1, -0.05) is 186 Å². The van der Waals surface area contributed by atoms with Gasteiger partial charge in [0.05, 0.1) is 36.2 Å². The minimum absolute atomic E-state index is 0.00375. The largest absolute Gasteiger partial charge is 0.380 e. The topological polar surface area (TPSA) is 105 Å². The van der Waals surface area contributed by atoms with Gasteiger partial charge in [0.25, 0.3) is 5.91 Å². The van der Waals surface area contributed by atoms with Gasteiger partial charge in [-0.2, -0.15) is 5.26 Å². The second-order valence-electron chi connectivity index (χ2n) is 29.3. The predicted molar refractivity (Wildman–Crippen MR) is 343 cm³/mol. The fourth-order valence-corrected chi connectivity index (χ4v) is 14.1. The molecule has 1 saturated carbocycles. The van der Waals surface area contributed by atoms with E-state index >= 15 is 0 Å². The summed E-state index contributed by atoms with van der Waals surface area (Å²) in [6.07, 6.45) is 14.5. The van der Waals surface area contributed by atoms with Crippen molar-refractivity contribution < 1.29 is 10.0 Å². The first-order valence-electron chi connectivity index (χ1n) is 31.7. The van der Waals surface area contributed by atoms with Crippen LogP contribution in [0.25, 0.3) is 0 Å². The van der Waals surface area contributed by atoms with Gasteiger partial charge in [0, 0.05) is 67.0 Å². The molecule has 0 spiro atoms. The third kappa shape index (κ3) is 16.8. The molecule has 0 radical (unpaired) electrons. The Morgan fingerprint density at radius 3 is 1.85 bits per heavy atom. The van der Waals surface area contributed by atoms with Gasteiger partial charge in [-0.3, -0.25) is 20.0 Å². The number of hydrogen-bond acceptors (Lipinski definition) is 10. The first-order chi connectivity index (χ1) is 37.6. The fourth-order valence-electron chi connectivity index (χ4n) is 14.1. The third-order valence-corrected chi connectivity index (χ3v) is 20.1. The highest BCUT2D eigenvalue weighted by Gasteiger charge is 2.49. The molecule has 3 N–H and O–H groups in total.